The second kappa shape index (κ2) is 6.04. The molecule has 0 radical (unpaired) electrons. The standard InChI is InChI=1S/C14H16N2O2S/c1-9-7-8-15-14(16-9)19-12-6-4-5-11(18-3)13(12)10(2)17/h4-8,10,17H,1-3H3/t10-/m1/s1. The fraction of sp³-hybridized carbons (Fsp3) is 0.286. The number of aryl methyl sites for hydroxylation is 1. The van der Waals surface area contributed by atoms with Gasteiger partial charge in [-0.05, 0) is 43.8 Å². The van der Waals surface area contributed by atoms with Crippen LogP contribution in [-0.2, 0) is 0 Å². The summed E-state index contributed by atoms with van der Waals surface area (Å²) in [6.45, 7) is 3.64. The maximum Gasteiger partial charge on any atom is 0.192 e. The van der Waals surface area contributed by atoms with Crippen molar-refractivity contribution in [3.05, 3.63) is 41.7 Å². The number of rotatable bonds is 4. The molecule has 4 nitrogen and oxygen atoms in total. The lowest BCUT2D eigenvalue weighted by Gasteiger charge is -2.15. The first kappa shape index (κ1) is 13.8. The zero-order valence-corrected chi connectivity index (χ0v) is 11.9. The zero-order valence-electron chi connectivity index (χ0n) is 11.1. The van der Waals surface area contributed by atoms with Crippen LogP contribution >= 0.6 is 11.8 Å². The average Bonchev–Trinajstić information content (AvgIpc) is 2.38. The van der Waals surface area contributed by atoms with Gasteiger partial charge in [-0.3, -0.25) is 0 Å². The number of ether oxygens (including phenoxy) is 1. The van der Waals surface area contributed by atoms with Crippen LogP contribution in [0.5, 0.6) is 5.75 Å². The molecular formula is C14H16N2O2S. The minimum Gasteiger partial charge on any atom is -0.496 e. The summed E-state index contributed by atoms with van der Waals surface area (Å²) in [6, 6.07) is 7.51. The van der Waals surface area contributed by atoms with Crippen LogP contribution in [0.15, 0.2) is 40.5 Å². The maximum absolute atomic E-state index is 9.91. The summed E-state index contributed by atoms with van der Waals surface area (Å²) in [6.07, 6.45) is 1.12. The number of aliphatic hydroxyl groups is 1. The van der Waals surface area contributed by atoms with Gasteiger partial charge in [0.15, 0.2) is 5.16 Å². The molecule has 0 aliphatic carbocycles. The maximum atomic E-state index is 9.91. The lowest BCUT2D eigenvalue weighted by molar-refractivity contribution is 0.191. The highest BCUT2D eigenvalue weighted by molar-refractivity contribution is 7.99. The number of aromatic nitrogens is 2. The van der Waals surface area contributed by atoms with E-state index in [-0.39, 0.29) is 0 Å². The van der Waals surface area contributed by atoms with E-state index < -0.39 is 6.10 Å². The molecular weight excluding hydrogens is 260 g/mol. The summed E-state index contributed by atoms with van der Waals surface area (Å²) in [5.74, 6) is 0.674. The van der Waals surface area contributed by atoms with Crippen molar-refractivity contribution in [3.63, 3.8) is 0 Å². The topological polar surface area (TPSA) is 55.2 Å². The number of hydrogen-bond acceptors (Lipinski definition) is 5. The van der Waals surface area contributed by atoms with Crippen molar-refractivity contribution in [1.29, 1.82) is 0 Å². The fourth-order valence-corrected chi connectivity index (χ4v) is 2.80. The van der Waals surface area contributed by atoms with Gasteiger partial charge in [-0.25, -0.2) is 9.97 Å². The molecule has 1 heterocycles. The Morgan fingerprint density at radius 2 is 2.11 bits per heavy atom. The number of aliphatic hydroxyl groups excluding tert-OH is 1. The smallest absolute Gasteiger partial charge is 0.192 e. The van der Waals surface area contributed by atoms with Gasteiger partial charge in [0.1, 0.15) is 5.75 Å². The molecule has 0 amide bonds. The highest BCUT2D eigenvalue weighted by Gasteiger charge is 2.15. The largest absolute Gasteiger partial charge is 0.496 e. The Kier molecular flexibility index (Phi) is 4.39. The van der Waals surface area contributed by atoms with Gasteiger partial charge in [0.05, 0.1) is 13.2 Å². The molecule has 2 aromatic rings. The Morgan fingerprint density at radius 1 is 1.32 bits per heavy atom. The Morgan fingerprint density at radius 3 is 2.74 bits per heavy atom. The molecule has 0 saturated heterocycles. The van der Waals surface area contributed by atoms with Gasteiger partial charge < -0.3 is 9.84 Å². The molecule has 1 N–H and O–H groups in total. The van der Waals surface area contributed by atoms with Crippen LogP contribution < -0.4 is 4.74 Å². The first-order valence-electron chi connectivity index (χ1n) is 5.94. The molecule has 19 heavy (non-hydrogen) atoms. The minimum absolute atomic E-state index is 0.608. The predicted octanol–water partition coefficient (Wildman–Crippen LogP) is 3.00. The Balaban J connectivity index is 2.39. The SMILES string of the molecule is COc1cccc(Sc2nccc(C)n2)c1[C@@H](C)O. The summed E-state index contributed by atoms with van der Waals surface area (Å²) < 4.78 is 5.29. The second-order valence-electron chi connectivity index (χ2n) is 4.13. The lowest BCUT2D eigenvalue weighted by Crippen LogP contribution is -1.99. The third-order valence-corrected chi connectivity index (χ3v) is 3.59. The molecule has 5 heteroatoms. The van der Waals surface area contributed by atoms with E-state index >= 15 is 0 Å². The molecule has 0 aliphatic rings. The molecule has 0 bridgehead atoms. The van der Waals surface area contributed by atoms with Crippen molar-refractivity contribution in [2.75, 3.05) is 7.11 Å². The van der Waals surface area contributed by atoms with Crippen LogP contribution in [0.1, 0.15) is 24.3 Å². The van der Waals surface area contributed by atoms with Gasteiger partial charge in [0.25, 0.3) is 0 Å². The highest BCUT2D eigenvalue weighted by atomic mass is 32.2. The number of nitrogens with zero attached hydrogens (tertiary/aromatic N) is 2. The minimum atomic E-state index is -0.608. The fourth-order valence-electron chi connectivity index (χ4n) is 1.78. The summed E-state index contributed by atoms with van der Waals surface area (Å²) >= 11 is 1.42. The number of benzene rings is 1. The third-order valence-electron chi connectivity index (χ3n) is 2.64. The Bertz CT molecular complexity index is 573. The van der Waals surface area contributed by atoms with Gasteiger partial charge >= 0.3 is 0 Å². The normalized spacial score (nSPS) is 12.2. The van der Waals surface area contributed by atoms with Crippen molar-refractivity contribution in [2.45, 2.75) is 30.0 Å². The first-order chi connectivity index (χ1) is 9.11. The van der Waals surface area contributed by atoms with Gasteiger partial charge in [-0.1, -0.05) is 6.07 Å². The van der Waals surface area contributed by atoms with Crippen LogP contribution in [0.3, 0.4) is 0 Å². The number of hydrogen-bond donors (Lipinski definition) is 1. The van der Waals surface area contributed by atoms with Crippen molar-refractivity contribution >= 4 is 11.8 Å². The van der Waals surface area contributed by atoms with E-state index in [9.17, 15) is 5.11 Å². The van der Waals surface area contributed by atoms with E-state index in [4.69, 9.17) is 4.74 Å². The van der Waals surface area contributed by atoms with E-state index in [0.29, 0.717) is 10.9 Å². The molecule has 1 aromatic carbocycles. The predicted molar refractivity (Wildman–Crippen MR) is 74.5 cm³/mol. The van der Waals surface area contributed by atoms with Gasteiger partial charge in [-0.15, -0.1) is 0 Å². The lowest BCUT2D eigenvalue weighted by atomic mass is 10.1. The summed E-state index contributed by atoms with van der Waals surface area (Å²) in [4.78, 5) is 9.48. The molecule has 1 aromatic heterocycles. The van der Waals surface area contributed by atoms with E-state index in [1.54, 1.807) is 20.2 Å². The van der Waals surface area contributed by atoms with Crippen LogP contribution in [-0.4, -0.2) is 22.2 Å². The Labute approximate surface area is 116 Å². The highest BCUT2D eigenvalue weighted by Crippen LogP contribution is 2.37. The molecule has 0 aliphatic heterocycles. The van der Waals surface area contributed by atoms with E-state index in [1.807, 2.05) is 31.2 Å². The molecule has 0 saturated carbocycles. The van der Waals surface area contributed by atoms with Gasteiger partial charge in [0.2, 0.25) is 0 Å². The monoisotopic (exact) mass is 276 g/mol. The van der Waals surface area contributed by atoms with Gasteiger partial charge in [0, 0.05) is 22.3 Å². The van der Waals surface area contributed by atoms with Crippen molar-refractivity contribution in [3.8, 4) is 5.75 Å². The zero-order chi connectivity index (χ0) is 13.8. The average molecular weight is 276 g/mol. The summed E-state index contributed by atoms with van der Waals surface area (Å²) in [5.41, 5.74) is 1.68. The van der Waals surface area contributed by atoms with E-state index in [0.717, 1.165) is 16.2 Å². The van der Waals surface area contributed by atoms with Crippen molar-refractivity contribution < 1.29 is 9.84 Å². The molecule has 0 fully saturated rings. The van der Waals surface area contributed by atoms with Crippen LogP contribution in [0.2, 0.25) is 0 Å². The second-order valence-corrected chi connectivity index (χ2v) is 5.14. The number of methoxy groups -OCH3 is 1. The molecule has 1 atom stereocenters. The van der Waals surface area contributed by atoms with E-state index in [2.05, 4.69) is 9.97 Å². The molecule has 0 unspecified atom stereocenters. The molecule has 2 rings (SSSR count). The molecule has 0 spiro atoms. The summed E-state index contributed by atoms with van der Waals surface area (Å²) in [5, 5.41) is 10.6. The van der Waals surface area contributed by atoms with Crippen LogP contribution in [0.25, 0.3) is 0 Å². The third kappa shape index (κ3) is 3.24. The molecule has 100 valence electrons. The summed E-state index contributed by atoms with van der Waals surface area (Å²) in [7, 11) is 1.60. The Hall–Kier alpha value is -1.59. The quantitative estimate of drug-likeness (QED) is 0.870. The van der Waals surface area contributed by atoms with Gasteiger partial charge in [-0.2, -0.15) is 0 Å². The van der Waals surface area contributed by atoms with Crippen LogP contribution in [0.4, 0.5) is 0 Å². The van der Waals surface area contributed by atoms with Crippen LogP contribution in [0, 0.1) is 6.92 Å². The van der Waals surface area contributed by atoms with Crippen molar-refractivity contribution in [1.82, 2.24) is 9.97 Å². The first-order valence-corrected chi connectivity index (χ1v) is 6.76. The van der Waals surface area contributed by atoms with E-state index in [1.165, 1.54) is 11.8 Å². The van der Waals surface area contributed by atoms with Crippen molar-refractivity contribution in [2.24, 2.45) is 0 Å².